The number of carbonyl (C=O) groups excluding carboxylic acids is 4. The first-order valence-electron chi connectivity index (χ1n) is 10.8. The van der Waals surface area contributed by atoms with Gasteiger partial charge >= 0.3 is 6.03 Å². The van der Waals surface area contributed by atoms with Crippen LogP contribution in [0.3, 0.4) is 0 Å². The van der Waals surface area contributed by atoms with Crippen LogP contribution in [0.2, 0.25) is 0 Å². The van der Waals surface area contributed by atoms with Crippen molar-refractivity contribution < 1.29 is 19.2 Å². The number of fused-ring (bicyclic) bond motifs is 1. The van der Waals surface area contributed by atoms with Gasteiger partial charge in [-0.25, -0.2) is 4.79 Å². The van der Waals surface area contributed by atoms with E-state index in [-0.39, 0.29) is 30.3 Å². The number of anilines is 1. The molecule has 0 spiro atoms. The van der Waals surface area contributed by atoms with E-state index in [1.165, 1.54) is 17.7 Å². The average Bonchev–Trinajstić information content (AvgIpc) is 3.41. The van der Waals surface area contributed by atoms with Crippen molar-refractivity contribution >= 4 is 29.4 Å². The number of carbonyl (C=O) groups is 4. The fraction of sp³-hybridized carbons (Fsp3) is 0.545. The number of nitrogens with one attached hydrogen (secondary N) is 1. The number of amides is 5. The molecule has 1 N–H and O–H groups in total. The van der Waals surface area contributed by atoms with E-state index in [4.69, 9.17) is 0 Å². The van der Waals surface area contributed by atoms with Gasteiger partial charge in [-0.1, -0.05) is 12.8 Å². The van der Waals surface area contributed by atoms with E-state index in [2.05, 4.69) is 12.2 Å². The molecule has 0 bridgehead atoms. The zero-order valence-corrected chi connectivity index (χ0v) is 17.1. The summed E-state index contributed by atoms with van der Waals surface area (Å²) in [6.45, 7) is 3.05. The van der Waals surface area contributed by atoms with Gasteiger partial charge in [0.15, 0.2) is 0 Å². The summed E-state index contributed by atoms with van der Waals surface area (Å²) in [6.07, 6.45) is 5.08. The maximum Gasteiger partial charge on any atom is 0.325 e. The van der Waals surface area contributed by atoms with Crippen molar-refractivity contribution in [2.24, 2.45) is 0 Å². The molecule has 0 radical (unpaired) electrons. The van der Waals surface area contributed by atoms with Gasteiger partial charge in [-0.2, -0.15) is 0 Å². The van der Waals surface area contributed by atoms with Crippen LogP contribution in [0.15, 0.2) is 18.2 Å². The van der Waals surface area contributed by atoms with Crippen LogP contribution in [0.1, 0.15) is 61.4 Å². The minimum absolute atomic E-state index is 0.0423. The molecule has 5 amide bonds. The highest BCUT2D eigenvalue weighted by atomic mass is 16.2. The van der Waals surface area contributed by atoms with E-state index in [0.717, 1.165) is 24.1 Å². The monoisotopic (exact) mass is 410 g/mol. The van der Waals surface area contributed by atoms with Crippen molar-refractivity contribution in [2.45, 2.75) is 70.1 Å². The van der Waals surface area contributed by atoms with E-state index in [1.807, 2.05) is 21.9 Å². The molecule has 1 aromatic carbocycles. The Morgan fingerprint density at radius 2 is 1.80 bits per heavy atom. The minimum atomic E-state index is -0.627. The molecule has 3 heterocycles. The largest absolute Gasteiger partial charge is 0.325 e. The fourth-order valence-electron chi connectivity index (χ4n) is 5.40. The van der Waals surface area contributed by atoms with E-state index >= 15 is 0 Å². The first-order valence-corrected chi connectivity index (χ1v) is 10.8. The molecule has 0 aromatic heterocycles. The van der Waals surface area contributed by atoms with Crippen molar-refractivity contribution in [3.05, 3.63) is 29.3 Å². The third kappa shape index (κ3) is 2.97. The molecule has 2 saturated heterocycles. The second kappa shape index (κ2) is 7.11. The molecule has 1 aromatic rings. The summed E-state index contributed by atoms with van der Waals surface area (Å²) >= 11 is 0. The molecule has 3 fully saturated rings. The molecule has 1 saturated carbocycles. The van der Waals surface area contributed by atoms with Crippen LogP contribution in [0, 0.1) is 0 Å². The van der Waals surface area contributed by atoms with Crippen molar-refractivity contribution in [1.29, 1.82) is 0 Å². The van der Waals surface area contributed by atoms with E-state index in [0.29, 0.717) is 31.1 Å². The standard InChI is InChI=1S/C22H26N4O4/c1-13-11-24(22(30)26(13)15-4-2-3-5-15)16-6-7-17-14(10-16)12-25(21(17)29)18-8-9-19(27)23-20(18)28/h6-7,10,13,15,18H,2-5,8-9,11-12H2,1H3,(H,23,27,28)/t13-,18?/m1/s1. The molecule has 2 atom stereocenters. The van der Waals surface area contributed by atoms with Crippen LogP contribution in [-0.4, -0.2) is 58.2 Å². The number of hydrogen-bond donors (Lipinski definition) is 1. The van der Waals surface area contributed by atoms with Crippen LogP contribution >= 0.6 is 0 Å². The van der Waals surface area contributed by atoms with Gasteiger partial charge in [0.25, 0.3) is 5.91 Å². The Hall–Kier alpha value is -2.90. The van der Waals surface area contributed by atoms with Gasteiger partial charge in [-0.05, 0) is 49.9 Å². The normalized spacial score (nSPS) is 27.3. The van der Waals surface area contributed by atoms with E-state index < -0.39 is 11.9 Å². The first-order chi connectivity index (χ1) is 14.4. The number of hydrogen-bond acceptors (Lipinski definition) is 4. The van der Waals surface area contributed by atoms with Gasteiger partial charge in [0, 0.05) is 42.8 Å². The molecule has 5 rings (SSSR count). The van der Waals surface area contributed by atoms with Gasteiger partial charge in [0.1, 0.15) is 6.04 Å². The molecule has 8 heteroatoms. The number of piperidine rings is 1. The van der Waals surface area contributed by atoms with Gasteiger partial charge in [-0.15, -0.1) is 0 Å². The molecule has 1 aliphatic carbocycles. The third-order valence-corrected chi connectivity index (χ3v) is 6.91. The van der Waals surface area contributed by atoms with Crippen molar-refractivity contribution in [2.75, 3.05) is 11.4 Å². The molecule has 3 aliphatic heterocycles. The first kappa shape index (κ1) is 19.1. The van der Waals surface area contributed by atoms with Gasteiger partial charge in [0.2, 0.25) is 11.8 Å². The maximum absolute atomic E-state index is 13.1. The van der Waals surface area contributed by atoms with Crippen LogP contribution in [0.5, 0.6) is 0 Å². The summed E-state index contributed by atoms with van der Waals surface area (Å²) in [5.74, 6) is -0.903. The van der Waals surface area contributed by atoms with Crippen molar-refractivity contribution in [3.63, 3.8) is 0 Å². The number of rotatable bonds is 3. The van der Waals surface area contributed by atoms with Crippen molar-refractivity contribution in [1.82, 2.24) is 15.1 Å². The van der Waals surface area contributed by atoms with E-state index in [1.54, 1.807) is 6.07 Å². The maximum atomic E-state index is 13.1. The topological polar surface area (TPSA) is 90.0 Å². The van der Waals surface area contributed by atoms with Crippen molar-refractivity contribution in [3.8, 4) is 0 Å². The summed E-state index contributed by atoms with van der Waals surface area (Å²) in [5, 5.41) is 2.32. The number of imide groups is 1. The third-order valence-electron chi connectivity index (χ3n) is 6.91. The highest BCUT2D eigenvalue weighted by Gasteiger charge is 2.42. The summed E-state index contributed by atoms with van der Waals surface area (Å²) in [5.41, 5.74) is 2.18. The zero-order valence-electron chi connectivity index (χ0n) is 17.1. The fourth-order valence-corrected chi connectivity index (χ4v) is 5.40. The molecule has 30 heavy (non-hydrogen) atoms. The Labute approximate surface area is 175 Å². The summed E-state index contributed by atoms with van der Waals surface area (Å²) in [4.78, 5) is 55.0. The van der Waals surface area contributed by atoms with Gasteiger partial charge in [0.05, 0.1) is 0 Å². The second-order valence-electron chi connectivity index (χ2n) is 8.83. The quantitative estimate of drug-likeness (QED) is 0.772. The molecule has 158 valence electrons. The molecule has 8 nitrogen and oxygen atoms in total. The summed E-state index contributed by atoms with van der Waals surface area (Å²) in [6, 6.07) is 5.40. The number of benzene rings is 1. The molecule has 4 aliphatic rings. The lowest BCUT2D eigenvalue weighted by Crippen LogP contribution is -2.52. The predicted molar refractivity (Wildman–Crippen MR) is 109 cm³/mol. The lowest BCUT2D eigenvalue weighted by molar-refractivity contribution is -0.136. The van der Waals surface area contributed by atoms with E-state index in [9.17, 15) is 19.2 Å². The smallest absolute Gasteiger partial charge is 0.322 e. The zero-order chi connectivity index (χ0) is 21.0. The average molecular weight is 410 g/mol. The Morgan fingerprint density at radius 1 is 1.03 bits per heavy atom. The Morgan fingerprint density at radius 3 is 2.53 bits per heavy atom. The molecular weight excluding hydrogens is 384 g/mol. The highest BCUT2D eigenvalue weighted by Crippen LogP contribution is 2.35. The summed E-state index contributed by atoms with van der Waals surface area (Å²) in [7, 11) is 0. The second-order valence-corrected chi connectivity index (χ2v) is 8.83. The van der Waals surface area contributed by atoms with Gasteiger partial charge in [-0.3, -0.25) is 24.6 Å². The molecular formula is C22H26N4O4. The SMILES string of the molecule is C[C@@H]1CN(c2ccc3c(c2)CN(C2CCC(=O)NC2=O)C3=O)C(=O)N1C1CCCC1. The highest BCUT2D eigenvalue weighted by molar-refractivity contribution is 6.06. The lowest BCUT2D eigenvalue weighted by Gasteiger charge is -2.29. The lowest BCUT2D eigenvalue weighted by atomic mass is 10.0. The van der Waals surface area contributed by atoms with Crippen LogP contribution in [0.25, 0.3) is 0 Å². The van der Waals surface area contributed by atoms with Crippen LogP contribution in [-0.2, 0) is 16.1 Å². The summed E-state index contributed by atoms with van der Waals surface area (Å²) < 4.78 is 0. The Balaban J connectivity index is 1.36. The molecule has 1 unspecified atom stereocenters. The predicted octanol–water partition coefficient (Wildman–Crippen LogP) is 2.02. The Bertz CT molecular complexity index is 939. The van der Waals surface area contributed by atoms with Gasteiger partial charge < -0.3 is 9.80 Å². The number of nitrogens with zero attached hydrogens (tertiary/aromatic N) is 3. The van der Waals surface area contributed by atoms with Crippen LogP contribution < -0.4 is 10.2 Å². The minimum Gasteiger partial charge on any atom is -0.322 e. The number of urea groups is 1. The Kier molecular flexibility index (Phi) is 4.52. The van der Waals surface area contributed by atoms with Crippen LogP contribution in [0.4, 0.5) is 10.5 Å².